The van der Waals surface area contributed by atoms with Crippen LogP contribution in [0.5, 0.6) is 0 Å². The molecule has 116 valence electrons. The van der Waals surface area contributed by atoms with Gasteiger partial charge < -0.3 is 14.6 Å². The van der Waals surface area contributed by atoms with E-state index in [4.69, 9.17) is 0 Å². The fraction of sp³-hybridized carbons (Fsp3) is 0.333. The fourth-order valence-electron chi connectivity index (χ4n) is 2.77. The molecule has 1 amide bonds. The third kappa shape index (κ3) is 2.59. The van der Waals surface area contributed by atoms with Crippen LogP contribution in [-0.2, 0) is 7.05 Å². The van der Waals surface area contributed by atoms with Gasteiger partial charge in [-0.05, 0) is 24.6 Å². The molecule has 1 aliphatic heterocycles. The maximum absolute atomic E-state index is 14.0. The number of carbonyl (C=O) groups is 1. The summed E-state index contributed by atoms with van der Waals surface area (Å²) in [6.07, 6.45) is 2.42. The minimum absolute atomic E-state index is 0.0655. The number of amides is 1. The predicted molar refractivity (Wildman–Crippen MR) is 74.0 cm³/mol. The summed E-state index contributed by atoms with van der Waals surface area (Å²) < 4.78 is 29.0. The molecular weight excluding hydrogens is 292 g/mol. The Labute approximate surface area is 125 Å². The summed E-state index contributed by atoms with van der Waals surface area (Å²) in [7, 11) is 1.73. The number of carbonyl (C=O) groups excluding carboxylic acids is 1. The van der Waals surface area contributed by atoms with E-state index >= 15 is 0 Å². The number of nitrogens with zero attached hydrogens (tertiary/aromatic N) is 3. The number of β-amino-alcohol motifs (C(OH)–C–C–N with tert-alkyl or cyclic N) is 1. The summed E-state index contributed by atoms with van der Waals surface area (Å²) in [5.41, 5.74) is 0.277. The molecule has 2 aromatic rings. The lowest BCUT2D eigenvalue weighted by Gasteiger charge is -2.24. The van der Waals surface area contributed by atoms with Crippen LogP contribution in [0, 0.1) is 11.6 Å². The molecule has 2 heterocycles. The van der Waals surface area contributed by atoms with Crippen LogP contribution in [0.2, 0.25) is 0 Å². The number of hydrogen-bond acceptors (Lipinski definition) is 3. The number of halogens is 2. The first-order chi connectivity index (χ1) is 10.5. The van der Waals surface area contributed by atoms with Gasteiger partial charge in [-0.2, -0.15) is 0 Å². The van der Waals surface area contributed by atoms with E-state index in [1.165, 1.54) is 11.2 Å². The third-order valence-corrected chi connectivity index (χ3v) is 3.78. The number of rotatable bonds is 2. The molecule has 0 spiro atoms. The van der Waals surface area contributed by atoms with Gasteiger partial charge in [0.15, 0.2) is 0 Å². The molecule has 7 heteroatoms. The van der Waals surface area contributed by atoms with Gasteiger partial charge in [0.25, 0.3) is 5.91 Å². The van der Waals surface area contributed by atoms with Crippen molar-refractivity contribution in [1.29, 1.82) is 0 Å². The van der Waals surface area contributed by atoms with E-state index < -0.39 is 29.7 Å². The quantitative estimate of drug-likeness (QED) is 0.918. The van der Waals surface area contributed by atoms with Gasteiger partial charge in [0, 0.05) is 25.4 Å². The van der Waals surface area contributed by atoms with E-state index in [-0.39, 0.29) is 24.2 Å². The number of likely N-dealkylation sites (tertiary alicyclic amines) is 1. The lowest BCUT2D eigenvalue weighted by molar-refractivity contribution is 0.0708. The van der Waals surface area contributed by atoms with Crippen LogP contribution in [0.15, 0.2) is 30.7 Å². The molecule has 0 unspecified atom stereocenters. The summed E-state index contributed by atoms with van der Waals surface area (Å²) in [5.74, 6) is -1.59. The highest BCUT2D eigenvalue weighted by molar-refractivity contribution is 5.92. The minimum atomic E-state index is -0.777. The molecule has 5 nitrogen and oxygen atoms in total. The molecular formula is C15H15F2N3O2. The van der Waals surface area contributed by atoms with Crippen molar-refractivity contribution >= 4 is 5.91 Å². The van der Waals surface area contributed by atoms with E-state index in [2.05, 4.69) is 4.98 Å². The van der Waals surface area contributed by atoms with Crippen LogP contribution in [0.1, 0.15) is 28.5 Å². The van der Waals surface area contributed by atoms with Crippen LogP contribution >= 0.6 is 0 Å². The second kappa shape index (κ2) is 5.49. The van der Waals surface area contributed by atoms with Gasteiger partial charge in [0.1, 0.15) is 17.3 Å². The molecule has 1 aromatic carbocycles. The average Bonchev–Trinajstić information content (AvgIpc) is 3.07. The number of aryl methyl sites for hydroxylation is 1. The maximum atomic E-state index is 14.0. The summed E-state index contributed by atoms with van der Waals surface area (Å²) in [6.45, 7) is 0.0655. The molecule has 1 aromatic heterocycles. The van der Waals surface area contributed by atoms with Gasteiger partial charge in [0.2, 0.25) is 0 Å². The summed E-state index contributed by atoms with van der Waals surface area (Å²) >= 11 is 0. The molecule has 1 aliphatic rings. The number of hydrogen-bond donors (Lipinski definition) is 1. The Bertz CT molecular complexity index is 717. The summed E-state index contributed by atoms with van der Waals surface area (Å²) in [5, 5.41) is 9.86. The van der Waals surface area contributed by atoms with Crippen LogP contribution in [0.3, 0.4) is 0 Å². The Balaban J connectivity index is 1.95. The smallest absolute Gasteiger partial charge is 0.274 e. The van der Waals surface area contributed by atoms with Crippen molar-refractivity contribution in [2.45, 2.75) is 18.6 Å². The molecule has 22 heavy (non-hydrogen) atoms. The first kappa shape index (κ1) is 14.6. The fourth-order valence-corrected chi connectivity index (χ4v) is 2.77. The van der Waals surface area contributed by atoms with Crippen molar-refractivity contribution in [2.75, 3.05) is 6.54 Å². The number of aliphatic hydroxyl groups excluding tert-OH is 1. The van der Waals surface area contributed by atoms with E-state index in [1.807, 2.05) is 0 Å². The molecule has 1 N–H and O–H groups in total. The largest absolute Gasteiger partial charge is 0.391 e. The van der Waals surface area contributed by atoms with Crippen LogP contribution in [0.4, 0.5) is 8.78 Å². The standard InChI is InChI=1S/C15H15F2N3O2/c1-19-7-13(18-8-19)15(22)20-6-10(21)5-14(20)11-4-9(16)2-3-12(11)17/h2-4,7-8,10,14,21H,5-6H2,1H3/t10-,14+/m0/s1. The lowest BCUT2D eigenvalue weighted by Crippen LogP contribution is -2.32. The monoisotopic (exact) mass is 307 g/mol. The zero-order valence-corrected chi connectivity index (χ0v) is 11.9. The van der Waals surface area contributed by atoms with Crippen molar-refractivity contribution in [3.63, 3.8) is 0 Å². The zero-order chi connectivity index (χ0) is 15.9. The third-order valence-electron chi connectivity index (χ3n) is 3.78. The number of aromatic nitrogens is 2. The normalized spacial score (nSPS) is 21.4. The number of imidazole rings is 1. The van der Waals surface area contributed by atoms with Gasteiger partial charge in [-0.25, -0.2) is 13.8 Å². The molecule has 0 saturated carbocycles. The Morgan fingerprint density at radius 3 is 2.86 bits per heavy atom. The zero-order valence-electron chi connectivity index (χ0n) is 11.9. The molecule has 1 saturated heterocycles. The van der Waals surface area contributed by atoms with Crippen LogP contribution in [-0.4, -0.2) is 38.1 Å². The van der Waals surface area contributed by atoms with Gasteiger partial charge in [-0.3, -0.25) is 4.79 Å². The predicted octanol–water partition coefficient (Wildman–Crippen LogP) is 1.65. The van der Waals surface area contributed by atoms with Crippen molar-refractivity contribution in [2.24, 2.45) is 7.05 Å². The minimum Gasteiger partial charge on any atom is -0.391 e. The molecule has 3 rings (SSSR count). The number of aliphatic hydroxyl groups is 1. The van der Waals surface area contributed by atoms with Crippen LogP contribution < -0.4 is 0 Å². The summed E-state index contributed by atoms with van der Waals surface area (Å²) in [6, 6.07) is 2.41. The Morgan fingerprint density at radius 2 is 2.18 bits per heavy atom. The maximum Gasteiger partial charge on any atom is 0.274 e. The van der Waals surface area contributed by atoms with Crippen molar-refractivity contribution in [3.8, 4) is 0 Å². The lowest BCUT2D eigenvalue weighted by atomic mass is 10.0. The Morgan fingerprint density at radius 1 is 1.41 bits per heavy atom. The molecule has 2 atom stereocenters. The first-order valence-electron chi connectivity index (χ1n) is 6.87. The van der Waals surface area contributed by atoms with Gasteiger partial charge >= 0.3 is 0 Å². The SMILES string of the molecule is Cn1cnc(C(=O)N2C[C@@H](O)C[C@@H]2c2cc(F)ccc2F)c1. The van der Waals surface area contributed by atoms with E-state index in [9.17, 15) is 18.7 Å². The van der Waals surface area contributed by atoms with Gasteiger partial charge in [-0.1, -0.05) is 0 Å². The van der Waals surface area contributed by atoms with Crippen molar-refractivity contribution in [1.82, 2.24) is 14.5 Å². The summed E-state index contributed by atoms with van der Waals surface area (Å²) in [4.78, 5) is 17.8. The van der Waals surface area contributed by atoms with E-state index in [0.717, 1.165) is 18.2 Å². The first-order valence-corrected chi connectivity index (χ1v) is 6.87. The van der Waals surface area contributed by atoms with Crippen molar-refractivity contribution < 1.29 is 18.7 Å². The molecule has 0 bridgehead atoms. The highest BCUT2D eigenvalue weighted by Crippen LogP contribution is 2.34. The van der Waals surface area contributed by atoms with Crippen LogP contribution in [0.25, 0.3) is 0 Å². The number of benzene rings is 1. The second-order valence-corrected chi connectivity index (χ2v) is 5.45. The van der Waals surface area contributed by atoms with Gasteiger partial charge in [0.05, 0.1) is 18.5 Å². The van der Waals surface area contributed by atoms with Gasteiger partial charge in [-0.15, -0.1) is 0 Å². The highest BCUT2D eigenvalue weighted by Gasteiger charge is 2.37. The molecule has 1 fully saturated rings. The van der Waals surface area contributed by atoms with E-state index in [1.54, 1.807) is 17.8 Å². The topological polar surface area (TPSA) is 58.4 Å². The average molecular weight is 307 g/mol. The Hall–Kier alpha value is -2.28. The van der Waals surface area contributed by atoms with Crippen molar-refractivity contribution in [3.05, 3.63) is 53.6 Å². The second-order valence-electron chi connectivity index (χ2n) is 5.45. The molecule has 0 aliphatic carbocycles. The highest BCUT2D eigenvalue weighted by atomic mass is 19.1. The Kier molecular flexibility index (Phi) is 3.66. The molecule has 0 radical (unpaired) electrons. The van der Waals surface area contributed by atoms with E-state index in [0.29, 0.717) is 0 Å².